The lowest BCUT2D eigenvalue weighted by Crippen LogP contribution is -1.90. The molecule has 0 aliphatic carbocycles. The van der Waals surface area contributed by atoms with Gasteiger partial charge in [0.1, 0.15) is 11.5 Å². The van der Waals surface area contributed by atoms with Crippen LogP contribution in [0.1, 0.15) is 25.5 Å². The van der Waals surface area contributed by atoms with E-state index in [2.05, 4.69) is 18.8 Å². The van der Waals surface area contributed by atoms with Crippen LogP contribution in [0.2, 0.25) is 0 Å². The van der Waals surface area contributed by atoms with Crippen molar-refractivity contribution in [3.63, 3.8) is 0 Å². The molecular weight excluding hydrogens is 188 g/mol. The lowest BCUT2D eigenvalue weighted by atomic mass is 10.0. The summed E-state index contributed by atoms with van der Waals surface area (Å²) in [7, 11) is 0. The van der Waals surface area contributed by atoms with Crippen molar-refractivity contribution >= 4 is 5.69 Å². The Kier molecular flexibility index (Phi) is 2.46. The maximum Gasteiger partial charge on any atom is 0.181 e. The Morgan fingerprint density at radius 3 is 2.80 bits per heavy atom. The van der Waals surface area contributed by atoms with Crippen LogP contribution in [0.5, 0.6) is 0 Å². The highest BCUT2D eigenvalue weighted by atomic mass is 16.3. The number of hydrogen-bond donors (Lipinski definition) is 1. The van der Waals surface area contributed by atoms with Crippen molar-refractivity contribution in [2.75, 3.05) is 5.73 Å². The Morgan fingerprint density at radius 1 is 1.33 bits per heavy atom. The summed E-state index contributed by atoms with van der Waals surface area (Å²) >= 11 is 0. The van der Waals surface area contributed by atoms with Gasteiger partial charge in [0.15, 0.2) is 6.39 Å². The van der Waals surface area contributed by atoms with Crippen LogP contribution in [-0.2, 0) is 0 Å². The molecule has 0 radical (unpaired) electrons. The highest BCUT2D eigenvalue weighted by Gasteiger charge is 2.13. The average molecular weight is 202 g/mol. The van der Waals surface area contributed by atoms with Gasteiger partial charge in [0.05, 0.1) is 0 Å². The summed E-state index contributed by atoms with van der Waals surface area (Å²) in [5.74, 6) is 1.23. The van der Waals surface area contributed by atoms with E-state index in [9.17, 15) is 0 Å². The number of anilines is 1. The van der Waals surface area contributed by atoms with Crippen LogP contribution < -0.4 is 5.73 Å². The van der Waals surface area contributed by atoms with E-state index < -0.39 is 0 Å². The topological polar surface area (TPSA) is 52.0 Å². The second-order valence-corrected chi connectivity index (χ2v) is 3.85. The Bertz CT molecular complexity index is 460. The molecule has 0 amide bonds. The minimum atomic E-state index is 0.323. The van der Waals surface area contributed by atoms with Crippen LogP contribution in [0.3, 0.4) is 0 Å². The SMILES string of the molecule is CC(C)c1ocnc1-c1cccc(N)c1. The largest absolute Gasteiger partial charge is 0.448 e. The van der Waals surface area contributed by atoms with Gasteiger partial charge >= 0.3 is 0 Å². The van der Waals surface area contributed by atoms with E-state index in [1.165, 1.54) is 6.39 Å². The predicted octanol–water partition coefficient (Wildman–Crippen LogP) is 3.05. The molecule has 0 atom stereocenters. The molecular formula is C12H14N2O. The maximum absolute atomic E-state index is 5.73. The van der Waals surface area contributed by atoms with Crippen molar-refractivity contribution in [3.05, 3.63) is 36.4 Å². The average Bonchev–Trinajstić information content (AvgIpc) is 2.65. The summed E-state index contributed by atoms with van der Waals surface area (Å²) < 4.78 is 5.37. The van der Waals surface area contributed by atoms with Crippen molar-refractivity contribution in [1.29, 1.82) is 0 Å². The molecule has 1 heterocycles. The van der Waals surface area contributed by atoms with Gasteiger partial charge in [0.25, 0.3) is 0 Å². The van der Waals surface area contributed by atoms with E-state index in [0.717, 1.165) is 22.7 Å². The summed E-state index contributed by atoms with van der Waals surface area (Å²) in [5.41, 5.74) is 8.37. The molecule has 0 aliphatic rings. The van der Waals surface area contributed by atoms with E-state index in [4.69, 9.17) is 10.2 Å². The molecule has 1 aromatic heterocycles. The highest BCUT2D eigenvalue weighted by molar-refractivity contribution is 5.65. The van der Waals surface area contributed by atoms with Gasteiger partial charge in [-0.25, -0.2) is 4.98 Å². The fraction of sp³-hybridized carbons (Fsp3) is 0.250. The van der Waals surface area contributed by atoms with E-state index in [1.54, 1.807) is 0 Å². The van der Waals surface area contributed by atoms with E-state index in [1.807, 2.05) is 24.3 Å². The molecule has 0 saturated heterocycles. The van der Waals surface area contributed by atoms with Gasteiger partial charge in [-0.05, 0) is 12.1 Å². The zero-order chi connectivity index (χ0) is 10.8. The maximum atomic E-state index is 5.73. The molecule has 0 fully saturated rings. The summed E-state index contributed by atoms with van der Waals surface area (Å²) in [6.07, 6.45) is 1.48. The second-order valence-electron chi connectivity index (χ2n) is 3.85. The standard InChI is InChI=1S/C12H14N2O/c1-8(2)12-11(14-7-15-12)9-4-3-5-10(13)6-9/h3-8H,13H2,1-2H3. The quantitative estimate of drug-likeness (QED) is 0.761. The molecule has 2 rings (SSSR count). The van der Waals surface area contributed by atoms with Gasteiger partial charge in [-0.2, -0.15) is 0 Å². The molecule has 78 valence electrons. The highest BCUT2D eigenvalue weighted by Crippen LogP contribution is 2.28. The fourth-order valence-corrected chi connectivity index (χ4v) is 1.57. The molecule has 3 heteroatoms. The third-order valence-electron chi connectivity index (χ3n) is 2.28. The molecule has 2 aromatic rings. The van der Waals surface area contributed by atoms with Gasteiger partial charge in [0.2, 0.25) is 0 Å². The first-order valence-corrected chi connectivity index (χ1v) is 4.98. The number of rotatable bonds is 2. The number of oxazole rings is 1. The van der Waals surface area contributed by atoms with Crippen molar-refractivity contribution in [2.45, 2.75) is 19.8 Å². The van der Waals surface area contributed by atoms with Crippen molar-refractivity contribution in [2.24, 2.45) is 0 Å². The van der Waals surface area contributed by atoms with Crippen LogP contribution in [-0.4, -0.2) is 4.98 Å². The number of aromatic nitrogens is 1. The van der Waals surface area contributed by atoms with E-state index >= 15 is 0 Å². The van der Waals surface area contributed by atoms with Gasteiger partial charge in [0, 0.05) is 17.2 Å². The van der Waals surface area contributed by atoms with E-state index in [-0.39, 0.29) is 0 Å². The monoisotopic (exact) mass is 202 g/mol. The third kappa shape index (κ3) is 1.86. The molecule has 0 bridgehead atoms. The molecule has 1 aromatic carbocycles. The van der Waals surface area contributed by atoms with Crippen molar-refractivity contribution in [3.8, 4) is 11.3 Å². The third-order valence-corrected chi connectivity index (χ3v) is 2.28. The lowest BCUT2D eigenvalue weighted by molar-refractivity contribution is 0.483. The Balaban J connectivity index is 2.49. The number of nitrogen functional groups attached to an aromatic ring is 1. The van der Waals surface area contributed by atoms with Gasteiger partial charge in [-0.15, -0.1) is 0 Å². The van der Waals surface area contributed by atoms with Crippen LogP contribution in [0, 0.1) is 0 Å². The number of nitrogens with zero attached hydrogens (tertiary/aromatic N) is 1. The normalized spacial score (nSPS) is 10.9. The molecule has 3 nitrogen and oxygen atoms in total. The minimum Gasteiger partial charge on any atom is -0.448 e. The number of benzene rings is 1. The van der Waals surface area contributed by atoms with Gasteiger partial charge in [-0.3, -0.25) is 0 Å². The van der Waals surface area contributed by atoms with E-state index in [0.29, 0.717) is 5.92 Å². The van der Waals surface area contributed by atoms with Crippen LogP contribution in [0.25, 0.3) is 11.3 Å². The second kappa shape index (κ2) is 3.77. The Labute approximate surface area is 88.9 Å². The molecule has 0 aliphatic heterocycles. The summed E-state index contributed by atoms with van der Waals surface area (Å²) in [4.78, 5) is 4.23. The predicted molar refractivity (Wildman–Crippen MR) is 60.4 cm³/mol. The molecule has 2 N–H and O–H groups in total. The zero-order valence-electron chi connectivity index (χ0n) is 8.90. The Morgan fingerprint density at radius 2 is 2.13 bits per heavy atom. The molecule has 0 spiro atoms. The number of nitrogens with two attached hydrogens (primary N) is 1. The lowest BCUT2D eigenvalue weighted by Gasteiger charge is -2.04. The molecule has 15 heavy (non-hydrogen) atoms. The molecule has 0 saturated carbocycles. The van der Waals surface area contributed by atoms with Crippen LogP contribution >= 0.6 is 0 Å². The minimum absolute atomic E-state index is 0.323. The van der Waals surface area contributed by atoms with Crippen LogP contribution in [0.15, 0.2) is 35.1 Å². The number of hydrogen-bond acceptors (Lipinski definition) is 3. The first kappa shape index (κ1) is 9.77. The first-order chi connectivity index (χ1) is 7.18. The van der Waals surface area contributed by atoms with Crippen molar-refractivity contribution in [1.82, 2.24) is 4.98 Å². The van der Waals surface area contributed by atoms with Gasteiger partial charge in [-0.1, -0.05) is 26.0 Å². The molecule has 0 unspecified atom stereocenters. The van der Waals surface area contributed by atoms with Gasteiger partial charge < -0.3 is 10.2 Å². The zero-order valence-corrected chi connectivity index (χ0v) is 8.90. The first-order valence-electron chi connectivity index (χ1n) is 4.98. The van der Waals surface area contributed by atoms with Crippen molar-refractivity contribution < 1.29 is 4.42 Å². The summed E-state index contributed by atoms with van der Waals surface area (Å²) in [6, 6.07) is 7.67. The summed E-state index contributed by atoms with van der Waals surface area (Å²) in [6.45, 7) is 4.16. The smallest absolute Gasteiger partial charge is 0.181 e. The fourth-order valence-electron chi connectivity index (χ4n) is 1.57. The Hall–Kier alpha value is -1.77. The van der Waals surface area contributed by atoms with Crippen LogP contribution in [0.4, 0.5) is 5.69 Å². The summed E-state index contributed by atoms with van der Waals surface area (Å²) in [5, 5.41) is 0.